The summed E-state index contributed by atoms with van der Waals surface area (Å²) in [7, 11) is 7.75. The Kier molecular flexibility index (Phi) is 5.62. The van der Waals surface area contributed by atoms with E-state index in [0.717, 1.165) is 5.56 Å². The number of rotatable bonds is 6. The van der Waals surface area contributed by atoms with Crippen molar-refractivity contribution in [2.45, 2.75) is 18.3 Å². The molecular formula is C20H24O7. The van der Waals surface area contributed by atoms with Gasteiger partial charge in [-0.1, -0.05) is 6.07 Å². The van der Waals surface area contributed by atoms with Gasteiger partial charge < -0.3 is 33.5 Å². The number of fused-ring (bicyclic) bond motifs is 1. The third-order valence-corrected chi connectivity index (χ3v) is 4.71. The summed E-state index contributed by atoms with van der Waals surface area (Å²) in [6.45, 7) is 0. The minimum atomic E-state index is -0.906. The van der Waals surface area contributed by atoms with E-state index in [1.165, 1.54) is 14.2 Å². The van der Waals surface area contributed by atoms with Crippen LogP contribution in [0.5, 0.6) is 28.7 Å². The molecule has 7 heteroatoms. The predicted octanol–water partition coefficient (Wildman–Crippen LogP) is 2.90. The molecule has 2 aromatic carbocycles. The summed E-state index contributed by atoms with van der Waals surface area (Å²) < 4.78 is 33.3. The van der Waals surface area contributed by atoms with Crippen molar-refractivity contribution in [2.24, 2.45) is 0 Å². The third-order valence-electron chi connectivity index (χ3n) is 4.71. The zero-order chi connectivity index (χ0) is 19.6. The zero-order valence-corrected chi connectivity index (χ0v) is 16.0. The Morgan fingerprint density at radius 1 is 0.815 bits per heavy atom. The van der Waals surface area contributed by atoms with Crippen molar-refractivity contribution in [3.8, 4) is 28.7 Å². The molecule has 146 valence electrons. The van der Waals surface area contributed by atoms with E-state index in [0.29, 0.717) is 34.3 Å². The zero-order valence-electron chi connectivity index (χ0n) is 16.0. The maximum atomic E-state index is 10.9. The van der Waals surface area contributed by atoms with Crippen molar-refractivity contribution in [3.05, 3.63) is 41.5 Å². The summed E-state index contributed by atoms with van der Waals surface area (Å²) in [6, 6.07) is 8.92. The van der Waals surface area contributed by atoms with E-state index in [9.17, 15) is 5.11 Å². The van der Waals surface area contributed by atoms with Crippen molar-refractivity contribution in [2.75, 3.05) is 35.5 Å². The predicted molar refractivity (Wildman–Crippen MR) is 98.2 cm³/mol. The Balaban J connectivity index is 2.10. The number of benzene rings is 2. The average Bonchev–Trinajstić information content (AvgIpc) is 2.71. The fourth-order valence-electron chi connectivity index (χ4n) is 3.34. The SMILES string of the molecule is COc1ccc(C2Oc3c(ccc(OC)c3OC)C(O)C2OC)cc1OC. The van der Waals surface area contributed by atoms with Crippen LogP contribution in [0, 0.1) is 0 Å². The molecule has 1 aliphatic rings. The first-order chi connectivity index (χ1) is 13.1. The molecule has 3 rings (SSSR count). The largest absolute Gasteiger partial charge is 0.493 e. The van der Waals surface area contributed by atoms with Crippen LogP contribution in [0.15, 0.2) is 30.3 Å². The van der Waals surface area contributed by atoms with Crippen molar-refractivity contribution in [1.29, 1.82) is 0 Å². The van der Waals surface area contributed by atoms with E-state index in [4.69, 9.17) is 28.4 Å². The molecule has 0 spiro atoms. The Bertz CT molecular complexity index is 805. The summed E-state index contributed by atoms with van der Waals surface area (Å²) >= 11 is 0. The summed E-state index contributed by atoms with van der Waals surface area (Å²) in [5, 5.41) is 10.9. The number of hydrogen-bond donors (Lipinski definition) is 1. The van der Waals surface area contributed by atoms with Crippen LogP contribution < -0.4 is 23.7 Å². The lowest BCUT2D eigenvalue weighted by atomic mass is 9.91. The molecule has 1 aliphatic heterocycles. The van der Waals surface area contributed by atoms with E-state index >= 15 is 0 Å². The van der Waals surface area contributed by atoms with E-state index in [-0.39, 0.29) is 0 Å². The van der Waals surface area contributed by atoms with Gasteiger partial charge in [0, 0.05) is 12.7 Å². The quantitative estimate of drug-likeness (QED) is 0.831. The standard InChI is InChI=1S/C20H24O7/c1-22-13-8-6-11(10-15(13)24-3)17-20(26-5)16(21)12-7-9-14(23-2)19(25-4)18(12)27-17/h6-10,16-17,20-21H,1-5H3. The van der Waals surface area contributed by atoms with Crippen LogP contribution in [-0.2, 0) is 4.74 Å². The lowest BCUT2D eigenvalue weighted by Crippen LogP contribution is -2.36. The van der Waals surface area contributed by atoms with Crippen molar-refractivity contribution in [1.82, 2.24) is 0 Å². The molecule has 2 aromatic rings. The van der Waals surface area contributed by atoms with Crippen molar-refractivity contribution >= 4 is 0 Å². The molecule has 3 atom stereocenters. The van der Waals surface area contributed by atoms with Crippen LogP contribution in [0.3, 0.4) is 0 Å². The molecule has 3 unspecified atom stereocenters. The molecule has 0 amide bonds. The Labute approximate surface area is 158 Å². The maximum Gasteiger partial charge on any atom is 0.203 e. The van der Waals surface area contributed by atoms with Gasteiger partial charge in [-0.3, -0.25) is 0 Å². The number of aliphatic hydroxyl groups excluding tert-OH is 1. The minimum absolute atomic E-state index is 0.425. The van der Waals surface area contributed by atoms with Gasteiger partial charge in [0.1, 0.15) is 12.2 Å². The van der Waals surface area contributed by atoms with Gasteiger partial charge in [-0.15, -0.1) is 0 Å². The van der Waals surface area contributed by atoms with Gasteiger partial charge in [0.25, 0.3) is 0 Å². The van der Waals surface area contributed by atoms with Crippen LogP contribution in [0.1, 0.15) is 23.3 Å². The fourth-order valence-corrected chi connectivity index (χ4v) is 3.34. The van der Waals surface area contributed by atoms with Crippen LogP contribution in [0.2, 0.25) is 0 Å². The highest BCUT2D eigenvalue weighted by atomic mass is 16.6. The second kappa shape index (κ2) is 7.94. The van der Waals surface area contributed by atoms with Crippen LogP contribution in [-0.4, -0.2) is 46.8 Å². The second-order valence-electron chi connectivity index (χ2n) is 6.02. The topological polar surface area (TPSA) is 75.6 Å². The monoisotopic (exact) mass is 376 g/mol. The number of hydrogen-bond acceptors (Lipinski definition) is 7. The lowest BCUT2D eigenvalue weighted by Gasteiger charge is -2.37. The summed E-state index contributed by atoms with van der Waals surface area (Å²) in [6.07, 6.45) is -2.11. The van der Waals surface area contributed by atoms with Gasteiger partial charge in [-0.05, 0) is 29.8 Å². The molecule has 1 heterocycles. The van der Waals surface area contributed by atoms with Gasteiger partial charge in [0.2, 0.25) is 5.75 Å². The molecule has 27 heavy (non-hydrogen) atoms. The molecule has 0 radical (unpaired) electrons. The van der Waals surface area contributed by atoms with Crippen molar-refractivity contribution < 1.29 is 33.5 Å². The van der Waals surface area contributed by atoms with E-state index in [1.807, 2.05) is 6.07 Å². The van der Waals surface area contributed by atoms with Crippen LogP contribution >= 0.6 is 0 Å². The fraction of sp³-hybridized carbons (Fsp3) is 0.400. The lowest BCUT2D eigenvalue weighted by molar-refractivity contribution is -0.0923. The molecular weight excluding hydrogens is 352 g/mol. The molecule has 0 saturated heterocycles. The molecule has 0 bridgehead atoms. The Morgan fingerprint density at radius 3 is 2.07 bits per heavy atom. The average molecular weight is 376 g/mol. The highest BCUT2D eigenvalue weighted by Crippen LogP contribution is 2.50. The first-order valence-corrected chi connectivity index (χ1v) is 8.43. The van der Waals surface area contributed by atoms with E-state index in [1.54, 1.807) is 45.6 Å². The number of methoxy groups -OCH3 is 5. The van der Waals surface area contributed by atoms with Crippen LogP contribution in [0.25, 0.3) is 0 Å². The van der Waals surface area contributed by atoms with E-state index < -0.39 is 18.3 Å². The number of aliphatic hydroxyl groups is 1. The highest BCUT2D eigenvalue weighted by molar-refractivity contribution is 5.58. The van der Waals surface area contributed by atoms with Gasteiger partial charge in [-0.2, -0.15) is 0 Å². The van der Waals surface area contributed by atoms with Crippen LogP contribution in [0.4, 0.5) is 0 Å². The first-order valence-electron chi connectivity index (χ1n) is 8.43. The summed E-state index contributed by atoms with van der Waals surface area (Å²) in [4.78, 5) is 0. The second-order valence-corrected chi connectivity index (χ2v) is 6.02. The Hall–Kier alpha value is -2.64. The van der Waals surface area contributed by atoms with Gasteiger partial charge in [-0.25, -0.2) is 0 Å². The van der Waals surface area contributed by atoms with Gasteiger partial charge in [0.05, 0.1) is 28.4 Å². The highest BCUT2D eigenvalue weighted by Gasteiger charge is 2.41. The first kappa shape index (κ1) is 19.1. The summed E-state index contributed by atoms with van der Waals surface area (Å²) in [5.41, 5.74) is 1.35. The smallest absolute Gasteiger partial charge is 0.203 e. The molecule has 0 aromatic heterocycles. The third kappa shape index (κ3) is 3.24. The van der Waals surface area contributed by atoms with Crippen molar-refractivity contribution in [3.63, 3.8) is 0 Å². The van der Waals surface area contributed by atoms with Gasteiger partial charge in [0.15, 0.2) is 29.1 Å². The van der Waals surface area contributed by atoms with E-state index in [2.05, 4.69) is 0 Å². The Morgan fingerprint density at radius 2 is 1.48 bits per heavy atom. The van der Waals surface area contributed by atoms with Gasteiger partial charge >= 0.3 is 0 Å². The molecule has 7 nitrogen and oxygen atoms in total. The molecule has 0 fully saturated rings. The molecule has 0 saturated carbocycles. The molecule has 1 N–H and O–H groups in total. The molecule has 0 aliphatic carbocycles. The minimum Gasteiger partial charge on any atom is -0.493 e. The maximum absolute atomic E-state index is 10.9. The summed E-state index contributed by atoms with van der Waals surface area (Å²) in [5.74, 6) is 2.54. The number of ether oxygens (including phenoxy) is 6. The normalized spacial score (nSPS) is 21.0.